The topological polar surface area (TPSA) is 41.5 Å². The van der Waals surface area contributed by atoms with Crippen molar-refractivity contribution in [3.05, 3.63) is 17.5 Å². The quantitative estimate of drug-likeness (QED) is 0.852. The third kappa shape index (κ3) is 3.58. The van der Waals surface area contributed by atoms with Crippen LogP contribution in [0.5, 0.6) is 6.01 Å². The Bertz CT molecular complexity index is 497. The van der Waals surface area contributed by atoms with Crippen molar-refractivity contribution in [1.82, 2.24) is 19.8 Å². The van der Waals surface area contributed by atoms with Crippen molar-refractivity contribution in [2.75, 3.05) is 26.2 Å². The van der Waals surface area contributed by atoms with Gasteiger partial charge in [0.25, 0.3) is 0 Å². The molecule has 0 aliphatic carbocycles. The van der Waals surface area contributed by atoms with Gasteiger partial charge in [0.05, 0.1) is 5.69 Å². The molecule has 5 nitrogen and oxygen atoms in total. The summed E-state index contributed by atoms with van der Waals surface area (Å²) in [5, 5.41) is 0. The van der Waals surface area contributed by atoms with Gasteiger partial charge in [-0.25, -0.2) is 4.98 Å². The maximum atomic E-state index is 6.04. The van der Waals surface area contributed by atoms with Crippen LogP contribution in [0, 0.1) is 0 Å². The van der Waals surface area contributed by atoms with E-state index in [9.17, 15) is 0 Å². The minimum Gasteiger partial charge on any atom is -0.460 e. The summed E-state index contributed by atoms with van der Waals surface area (Å²) in [7, 11) is 0. The predicted molar refractivity (Wildman–Crippen MR) is 87.0 cm³/mol. The number of hydrogen-bond donors (Lipinski definition) is 0. The van der Waals surface area contributed by atoms with Gasteiger partial charge >= 0.3 is 6.01 Å². The zero-order valence-corrected chi connectivity index (χ0v) is 14.1. The van der Waals surface area contributed by atoms with E-state index >= 15 is 0 Å². The van der Waals surface area contributed by atoms with Crippen LogP contribution in [0.15, 0.2) is 6.20 Å². The molecular weight excluding hydrogens is 276 g/mol. The van der Waals surface area contributed by atoms with Crippen LogP contribution in [0.2, 0.25) is 0 Å². The van der Waals surface area contributed by atoms with Crippen LogP contribution < -0.4 is 4.74 Å². The Balaban J connectivity index is 1.58. The smallest absolute Gasteiger partial charge is 0.316 e. The molecule has 2 aliphatic heterocycles. The zero-order chi connectivity index (χ0) is 15.5. The van der Waals surface area contributed by atoms with Gasteiger partial charge in [-0.3, -0.25) is 4.90 Å². The first-order valence-corrected chi connectivity index (χ1v) is 8.63. The summed E-state index contributed by atoms with van der Waals surface area (Å²) < 4.78 is 6.04. The molecule has 22 heavy (non-hydrogen) atoms. The molecule has 0 amide bonds. The van der Waals surface area contributed by atoms with Crippen LogP contribution in [0.4, 0.5) is 0 Å². The average molecular weight is 304 g/mol. The molecule has 0 bridgehead atoms. The van der Waals surface area contributed by atoms with Gasteiger partial charge in [-0.05, 0) is 33.2 Å². The van der Waals surface area contributed by atoms with Crippen molar-refractivity contribution in [1.29, 1.82) is 0 Å². The van der Waals surface area contributed by atoms with Gasteiger partial charge in [0.2, 0.25) is 0 Å². The first kappa shape index (κ1) is 15.7. The molecular formula is C17H28N4O. The molecule has 5 heteroatoms. The molecule has 0 atom stereocenters. The number of piperidine rings is 1. The molecule has 0 aromatic carbocycles. The van der Waals surface area contributed by atoms with Gasteiger partial charge in [-0.2, -0.15) is 4.98 Å². The Hall–Kier alpha value is -1.20. The van der Waals surface area contributed by atoms with Crippen molar-refractivity contribution in [2.24, 2.45) is 0 Å². The molecule has 0 N–H and O–H groups in total. The summed E-state index contributed by atoms with van der Waals surface area (Å²) in [6.45, 7) is 12.1. The van der Waals surface area contributed by atoms with Crippen molar-refractivity contribution < 1.29 is 4.74 Å². The van der Waals surface area contributed by atoms with E-state index in [1.54, 1.807) is 0 Å². The van der Waals surface area contributed by atoms with Gasteiger partial charge in [-0.1, -0.05) is 6.92 Å². The lowest BCUT2D eigenvalue weighted by molar-refractivity contribution is 0.0774. The van der Waals surface area contributed by atoms with Gasteiger partial charge in [0.1, 0.15) is 6.10 Å². The SMILES string of the molecule is CCN1CCc2nc(OC3CCN(C(C)C)CC3)ncc2C1. The van der Waals surface area contributed by atoms with Crippen LogP contribution in [-0.2, 0) is 13.0 Å². The van der Waals surface area contributed by atoms with Crippen LogP contribution >= 0.6 is 0 Å². The highest BCUT2D eigenvalue weighted by Gasteiger charge is 2.23. The van der Waals surface area contributed by atoms with Crippen molar-refractivity contribution in [3.8, 4) is 6.01 Å². The average Bonchev–Trinajstić information content (AvgIpc) is 2.55. The van der Waals surface area contributed by atoms with E-state index in [4.69, 9.17) is 4.74 Å². The third-order valence-electron chi connectivity index (χ3n) is 4.92. The molecule has 2 aliphatic rings. The van der Waals surface area contributed by atoms with Gasteiger partial charge in [-0.15, -0.1) is 0 Å². The van der Waals surface area contributed by atoms with Gasteiger partial charge < -0.3 is 9.64 Å². The first-order chi connectivity index (χ1) is 10.7. The van der Waals surface area contributed by atoms with Crippen LogP contribution in [0.1, 0.15) is 44.9 Å². The molecule has 3 heterocycles. The first-order valence-electron chi connectivity index (χ1n) is 8.63. The van der Waals surface area contributed by atoms with Crippen molar-refractivity contribution in [3.63, 3.8) is 0 Å². The number of likely N-dealkylation sites (tertiary alicyclic amines) is 1. The van der Waals surface area contributed by atoms with Gasteiger partial charge in [0.15, 0.2) is 0 Å². The fourth-order valence-electron chi connectivity index (χ4n) is 3.34. The lowest BCUT2D eigenvalue weighted by atomic mass is 10.1. The normalized spacial score (nSPS) is 21.1. The molecule has 122 valence electrons. The monoisotopic (exact) mass is 304 g/mol. The molecule has 0 saturated carbocycles. The highest BCUT2D eigenvalue weighted by atomic mass is 16.5. The fraction of sp³-hybridized carbons (Fsp3) is 0.765. The number of ether oxygens (including phenoxy) is 1. The summed E-state index contributed by atoms with van der Waals surface area (Å²) in [5.74, 6) is 0. The summed E-state index contributed by atoms with van der Waals surface area (Å²) in [6.07, 6.45) is 5.38. The summed E-state index contributed by atoms with van der Waals surface area (Å²) in [4.78, 5) is 14.0. The van der Waals surface area contributed by atoms with E-state index in [2.05, 4.69) is 40.5 Å². The Morgan fingerprint density at radius 1 is 1.27 bits per heavy atom. The van der Waals surface area contributed by atoms with E-state index in [1.807, 2.05) is 6.20 Å². The Kier molecular flexibility index (Phi) is 4.93. The number of rotatable bonds is 4. The molecule has 0 spiro atoms. The fourth-order valence-corrected chi connectivity index (χ4v) is 3.34. The minimum atomic E-state index is 0.267. The van der Waals surface area contributed by atoms with Crippen molar-refractivity contribution in [2.45, 2.75) is 58.7 Å². The largest absolute Gasteiger partial charge is 0.460 e. The lowest BCUT2D eigenvalue weighted by Gasteiger charge is -2.34. The molecule has 0 unspecified atom stereocenters. The lowest BCUT2D eigenvalue weighted by Crippen LogP contribution is -2.42. The third-order valence-corrected chi connectivity index (χ3v) is 4.92. The minimum absolute atomic E-state index is 0.267. The molecule has 1 saturated heterocycles. The summed E-state index contributed by atoms with van der Waals surface area (Å²) in [5.41, 5.74) is 2.43. The second-order valence-electron chi connectivity index (χ2n) is 6.69. The number of nitrogens with zero attached hydrogens (tertiary/aromatic N) is 4. The predicted octanol–water partition coefficient (Wildman–Crippen LogP) is 2.11. The number of fused-ring (bicyclic) bond motifs is 1. The van der Waals surface area contributed by atoms with Crippen LogP contribution in [-0.4, -0.2) is 58.1 Å². The molecule has 0 radical (unpaired) electrons. The number of aromatic nitrogens is 2. The Labute approximate surface area is 133 Å². The number of hydrogen-bond acceptors (Lipinski definition) is 5. The van der Waals surface area contributed by atoms with E-state index in [1.165, 1.54) is 11.3 Å². The molecule has 1 aromatic heterocycles. The van der Waals surface area contributed by atoms with Crippen LogP contribution in [0.3, 0.4) is 0 Å². The number of likely N-dealkylation sites (N-methyl/N-ethyl adjacent to an activating group) is 1. The zero-order valence-electron chi connectivity index (χ0n) is 14.1. The van der Waals surface area contributed by atoms with E-state index in [0.717, 1.165) is 52.0 Å². The molecule has 3 rings (SSSR count). The highest BCUT2D eigenvalue weighted by molar-refractivity contribution is 5.22. The van der Waals surface area contributed by atoms with Gasteiger partial charge in [0, 0.05) is 50.4 Å². The molecule has 1 fully saturated rings. The summed E-state index contributed by atoms with van der Waals surface area (Å²) >= 11 is 0. The van der Waals surface area contributed by atoms with Crippen LogP contribution in [0.25, 0.3) is 0 Å². The standard InChI is InChI=1S/C17H28N4O/c1-4-20-8-7-16-14(12-20)11-18-17(19-16)22-15-5-9-21(10-6-15)13(2)3/h11,13,15H,4-10,12H2,1-3H3. The second-order valence-corrected chi connectivity index (χ2v) is 6.69. The van der Waals surface area contributed by atoms with E-state index in [0.29, 0.717) is 12.1 Å². The van der Waals surface area contributed by atoms with E-state index < -0.39 is 0 Å². The molecule has 1 aromatic rings. The maximum absolute atomic E-state index is 6.04. The van der Waals surface area contributed by atoms with E-state index in [-0.39, 0.29) is 6.10 Å². The Morgan fingerprint density at radius 2 is 2.05 bits per heavy atom. The van der Waals surface area contributed by atoms with Crippen molar-refractivity contribution >= 4 is 0 Å². The maximum Gasteiger partial charge on any atom is 0.316 e. The Morgan fingerprint density at radius 3 is 2.73 bits per heavy atom. The highest BCUT2D eigenvalue weighted by Crippen LogP contribution is 2.21. The second kappa shape index (κ2) is 6.92. The summed E-state index contributed by atoms with van der Waals surface area (Å²) in [6, 6.07) is 1.20.